The second kappa shape index (κ2) is 5.60. The third-order valence-electron chi connectivity index (χ3n) is 4.55. The highest BCUT2D eigenvalue weighted by molar-refractivity contribution is 7.92. The second-order valence-electron chi connectivity index (χ2n) is 6.13. The fourth-order valence-corrected chi connectivity index (χ4v) is 5.71. The fraction of sp³-hybridized carbons (Fsp3) is 0.294. The Morgan fingerprint density at radius 2 is 1.83 bits per heavy atom. The molecule has 0 aliphatic heterocycles. The predicted octanol–water partition coefficient (Wildman–Crippen LogP) is 2.24. The SMILES string of the molecule is Cc1ccc(S(=O)(=O)[C@@H]2[C@H](c3cccc(Cl)c3)[C@@]2(N)CN)cc1. The first-order valence-electron chi connectivity index (χ1n) is 7.35. The standard InChI is InChI=1S/C17H19ClN2O2S/c1-11-5-7-14(8-6-11)23(21,22)16-15(17(16,20)10-19)12-3-2-4-13(18)9-12/h2-9,15-16H,10,19-20H2,1H3/t15-,16+,17-/m0/s1. The number of benzene rings is 2. The Morgan fingerprint density at radius 3 is 2.39 bits per heavy atom. The predicted molar refractivity (Wildman–Crippen MR) is 92.3 cm³/mol. The summed E-state index contributed by atoms with van der Waals surface area (Å²) in [6, 6.07) is 13.9. The van der Waals surface area contributed by atoms with Crippen LogP contribution in [-0.4, -0.2) is 25.8 Å². The van der Waals surface area contributed by atoms with Crippen LogP contribution in [0.1, 0.15) is 17.0 Å². The summed E-state index contributed by atoms with van der Waals surface area (Å²) in [7, 11) is -3.56. The maximum Gasteiger partial charge on any atom is 0.183 e. The van der Waals surface area contributed by atoms with Crippen LogP contribution in [0.15, 0.2) is 53.4 Å². The van der Waals surface area contributed by atoms with Crippen molar-refractivity contribution in [1.29, 1.82) is 0 Å². The summed E-state index contributed by atoms with van der Waals surface area (Å²) in [6.45, 7) is 2.01. The molecule has 0 spiro atoms. The lowest BCUT2D eigenvalue weighted by Crippen LogP contribution is -2.39. The molecule has 0 heterocycles. The van der Waals surface area contributed by atoms with Gasteiger partial charge in [0.15, 0.2) is 9.84 Å². The first-order chi connectivity index (χ1) is 10.8. The Morgan fingerprint density at radius 1 is 1.17 bits per heavy atom. The quantitative estimate of drug-likeness (QED) is 0.885. The van der Waals surface area contributed by atoms with Gasteiger partial charge in [0.05, 0.1) is 15.7 Å². The lowest BCUT2D eigenvalue weighted by Gasteiger charge is -2.09. The minimum atomic E-state index is -3.56. The second-order valence-corrected chi connectivity index (χ2v) is 8.63. The highest BCUT2D eigenvalue weighted by Crippen LogP contribution is 2.55. The maximum atomic E-state index is 13.0. The van der Waals surface area contributed by atoms with E-state index in [0.717, 1.165) is 11.1 Å². The molecule has 1 saturated carbocycles. The molecule has 1 fully saturated rings. The van der Waals surface area contributed by atoms with Crippen molar-refractivity contribution in [1.82, 2.24) is 0 Å². The molecule has 0 radical (unpaired) electrons. The molecule has 0 unspecified atom stereocenters. The Balaban J connectivity index is 2.03. The Hall–Kier alpha value is -1.40. The lowest BCUT2D eigenvalue weighted by atomic mass is 10.1. The number of hydrogen-bond acceptors (Lipinski definition) is 4. The summed E-state index contributed by atoms with van der Waals surface area (Å²) in [6.07, 6.45) is 0. The van der Waals surface area contributed by atoms with Gasteiger partial charge in [-0.25, -0.2) is 8.42 Å². The maximum absolute atomic E-state index is 13.0. The minimum absolute atomic E-state index is 0.0972. The van der Waals surface area contributed by atoms with E-state index in [2.05, 4.69) is 0 Å². The molecule has 1 aliphatic rings. The van der Waals surface area contributed by atoms with Crippen molar-refractivity contribution in [2.45, 2.75) is 28.5 Å². The molecule has 122 valence electrons. The van der Waals surface area contributed by atoms with Crippen LogP contribution in [0.5, 0.6) is 0 Å². The molecule has 3 rings (SSSR count). The topological polar surface area (TPSA) is 86.2 Å². The number of rotatable bonds is 4. The fourth-order valence-electron chi connectivity index (χ4n) is 3.19. The molecule has 2 aromatic rings. The minimum Gasteiger partial charge on any atom is -0.329 e. The summed E-state index contributed by atoms with van der Waals surface area (Å²) < 4.78 is 26.0. The van der Waals surface area contributed by atoms with Crippen molar-refractivity contribution >= 4 is 21.4 Å². The van der Waals surface area contributed by atoms with Crippen LogP contribution in [-0.2, 0) is 9.84 Å². The van der Waals surface area contributed by atoms with E-state index in [1.807, 2.05) is 13.0 Å². The smallest absolute Gasteiger partial charge is 0.183 e. The molecular formula is C17H19ClN2O2S. The van der Waals surface area contributed by atoms with Gasteiger partial charge in [-0.3, -0.25) is 0 Å². The molecule has 23 heavy (non-hydrogen) atoms. The molecule has 4 N–H and O–H groups in total. The van der Waals surface area contributed by atoms with Crippen molar-refractivity contribution in [3.63, 3.8) is 0 Å². The van der Waals surface area contributed by atoms with E-state index >= 15 is 0 Å². The summed E-state index contributed by atoms with van der Waals surface area (Å²) in [5, 5.41) is -0.179. The van der Waals surface area contributed by atoms with E-state index in [1.54, 1.807) is 42.5 Å². The van der Waals surface area contributed by atoms with Gasteiger partial charge >= 0.3 is 0 Å². The molecule has 0 aromatic heterocycles. The Kier molecular flexibility index (Phi) is 4.01. The molecular weight excluding hydrogens is 332 g/mol. The highest BCUT2D eigenvalue weighted by atomic mass is 35.5. The summed E-state index contributed by atoms with van der Waals surface area (Å²) in [4.78, 5) is 0.279. The van der Waals surface area contributed by atoms with Gasteiger partial charge in [-0.05, 0) is 36.8 Å². The Labute approximate surface area is 141 Å². The van der Waals surface area contributed by atoms with E-state index in [-0.39, 0.29) is 17.4 Å². The summed E-state index contributed by atoms with van der Waals surface area (Å²) in [5.74, 6) is -0.350. The summed E-state index contributed by atoms with van der Waals surface area (Å²) >= 11 is 6.03. The van der Waals surface area contributed by atoms with Crippen molar-refractivity contribution in [3.05, 3.63) is 64.7 Å². The highest BCUT2D eigenvalue weighted by Gasteiger charge is 2.68. The van der Waals surface area contributed by atoms with E-state index in [4.69, 9.17) is 23.1 Å². The van der Waals surface area contributed by atoms with Crippen molar-refractivity contribution in [2.24, 2.45) is 11.5 Å². The van der Waals surface area contributed by atoms with Crippen LogP contribution in [0, 0.1) is 6.92 Å². The molecule has 0 bridgehead atoms. The molecule has 0 saturated heterocycles. The van der Waals surface area contributed by atoms with Gasteiger partial charge in [-0.2, -0.15) is 0 Å². The van der Waals surface area contributed by atoms with E-state index in [0.29, 0.717) is 5.02 Å². The van der Waals surface area contributed by atoms with Gasteiger partial charge in [0, 0.05) is 17.5 Å². The van der Waals surface area contributed by atoms with Gasteiger partial charge in [-0.1, -0.05) is 41.4 Å². The number of sulfone groups is 1. The molecule has 0 amide bonds. The zero-order valence-electron chi connectivity index (χ0n) is 12.7. The number of nitrogens with two attached hydrogens (primary N) is 2. The van der Waals surface area contributed by atoms with Gasteiger partial charge in [-0.15, -0.1) is 0 Å². The van der Waals surface area contributed by atoms with Gasteiger partial charge in [0.25, 0.3) is 0 Å². The van der Waals surface area contributed by atoms with Crippen LogP contribution in [0.4, 0.5) is 0 Å². The first-order valence-corrected chi connectivity index (χ1v) is 9.28. The van der Waals surface area contributed by atoms with Crippen LogP contribution in [0.2, 0.25) is 5.02 Å². The van der Waals surface area contributed by atoms with Crippen molar-refractivity contribution < 1.29 is 8.42 Å². The third-order valence-corrected chi connectivity index (χ3v) is 7.09. The monoisotopic (exact) mass is 350 g/mol. The van der Waals surface area contributed by atoms with Crippen LogP contribution in [0.25, 0.3) is 0 Å². The first kappa shape index (κ1) is 16.5. The normalized spacial score (nSPS) is 27.0. The van der Waals surface area contributed by atoms with E-state index < -0.39 is 20.6 Å². The molecule has 3 atom stereocenters. The summed E-state index contributed by atoms with van der Waals surface area (Å²) in [5.41, 5.74) is 13.0. The van der Waals surface area contributed by atoms with E-state index in [9.17, 15) is 8.42 Å². The van der Waals surface area contributed by atoms with Crippen molar-refractivity contribution in [2.75, 3.05) is 6.54 Å². The number of hydrogen-bond donors (Lipinski definition) is 2. The van der Waals surface area contributed by atoms with Crippen molar-refractivity contribution in [3.8, 4) is 0 Å². The van der Waals surface area contributed by atoms with E-state index in [1.165, 1.54) is 0 Å². The van der Waals surface area contributed by atoms with Gasteiger partial charge in [0.2, 0.25) is 0 Å². The molecule has 6 heteroatoms. The molecule has 1 aliphatic carbocycles. The zero-order chi connectivity index (χ0) is 16.8. The van der Waals surface area contributed by atoms with Crippen LogP contribution < -0.4 is 11.5 Å². The van der Waals surface area contributed by atoms with Crippen LogP contribution in [0.3, 0.4) is 0 Å². The number of aryl methyl sites for hydroxylation is 1. The van der Waals surface area contributed by atoms with Crippen LogP contribution >= 0.6 is 11.6 Å². The molecule has 2 aromatic carbocycles. The third kappa shape index (κ3) is 2.68. The average molecular weight is 351 g/mol. The van der Waals surface area contributed by atoms with Gasteiger partial charge in [0.1, 0.15) is 0 Å². The Bertz CT molecular complexity index is 836. The lowest BCUT2D eigenvalue weighted by molar-refractivity contribution is 0.586. The number of halogens is 1. The van der Waals surface area contributed by atoms with Gasteiger partial charge < -0.3 is 11.5 Å². The molecule has 4 nitrogen and oxygen atoms in total. The average Bonchev–Trinajstić information content (AvgIpc) is 3.15. The largest absolute Gasteiger partial charge is 0.329 e. The zero-order valence-corrected chi connectivity index (χ0v) is 14.3.